The lowest BCUT2D eigenvalue weighted by Gasteiger charge is -2.42. The molecule has 0 saturated carbocycles. The van der Waals surface area contributed by atoms with Crippen LogP contribution in [0.5, 0.6) is 5.88 Å². The average Bonchev–Trinajstić information content (AvgIpc) is 2.66. The molecule has 0 aliphatic carbocycles. The Morgan fingerprint density at radius 3 is 2.67 bits per heavy atom. The van der Waals surface area contributed by atoms with Gasteiger partial charge < -0.3 is 4.74 Å². The molecule has 1 atom stereocenters. The number of likely N-dealkylation sites (tertiary alicyclic amines) is 1. The first-order valence-electron chi connectivity index (χ1n) is 6.51. The highest BCUT2D eigenvalue weighted by atomic mass is 19.1. The zero-order valence-corrected chi connectivity index (χ0v) is 11.2. The summed E-state index contributed by atoms with van der Waals surface area (Å²) in [6, 6.07) is 0.284. The molecule has 1 unspecified atom stereocenters. The summed E-state index contributed by atoms with van der Waals surface area (Å²) in [5, 5.41) is 0. The zero-order valence-electron chi connectivity index (χ0n) is 11.2. The Hall–Kier alpha value is -1.10. The minimum atomic E-state index is -0.653. The molecule has 3 rings (SSSR count). The normalized spacial score (nSPS) is 25.4. The van der Waals surface area contributed by atoms with E-state index in [1.807, 2.05) is 6.33 Å². The summed E-state index contributed by atoms with van der Waals surface area (Å²) in [7, 11) is 0. The van der Waals surface area contributed by atoms with Gasteiger partial charge in [0, 0.05) is 25.0 Å². The maximum atomic E-state index is 12.9. The predicted octanol–water partition coefficient (Wildman–Crippen LogP) is 1.60. The van der Waals surface area contributed by atoms with Crippen molar-refractivity contribution in [3.05, 3.63) is 12.0 Å². The van der Waals surface area contributed by atoms with Crippen LogP contribution in [0.1, 0.15) is 26.5 Å². The minimum Gasteiger partial charge on any atom is -0.476 e. The molecule has 2 aliphatic heterocycles. The number of rotatable bonds is 1. The van der Waals surface area contributed by atoms with Crippen LogP contribution in [0.4, 0.5) is 4.39 Å². The first-order chi connectivity index (χ1) is 8.45. The fourth-order valence-corrected chi connectivity index (χ4v) is 2.60. The molecular weight excluding hydrogens is 233 g/mol. The predicted molar refractivity (Wildman–Crippen MR) is 66.7 cm³/mol. The van der Waals surface area contributed by atoms with Gasteiger partial charge in [0.1, 0.15) is 18.5 Å². The highest BCUT2D eigenvalue weighted by molar-refractivity contribution is 5.28. The van der Waals surface area contributed by atoms with Crippen LogP contribution < -0.4 is 4.74 Å². The summed E-state index contributed by atoms with van der Waals surface area (Å²) in [6.07, 6.45) is 1.19. The monoisotopic (exact) mass is 253 g/mol. The van der Waals surface area contributed by atoms with E-state index in [1.165, 1.54) is 0 Å². The van der Waals surface area contributed by atoms with Crippen molar-refractivity contribution in [3.8, 4) is 5.88 Å². The Balaban J connectivity index is 1.76. The molecule has 0 radical (unpaired) electrons. The van der Waals surface area contributed by atoms with E-state index in [-0.39, 0.29) is 11.5 Å². The molecule has 0 N–H and O–H groups in total. The Labute approximate surface area is 107 Å². The highest BCUT2D eigenvalue weighted by Crippen LogP contribution is 2.33. The molecule has 100 valence electrons. The van der Waals surface area contributed by atoms with E-state index in [0.717, 1.165) is 18.1 Å². The van der Waals surface area contributed by atoms with E-state index in [9.17, 15) is 4.39 Å². The van der Waals surface area contributed by atoms with Crippen molar-refractivity contribution in [2.45, 2.75) is 44.9 Å². The summed E-state index contributed by atoms with van der Waals surface area (Å²) >= 11 is 0. The number of halogens is 1. The van der Waals surface area contributed by atoms with Gasteiger partial charge in [-0.1, -0.05) is 20.8 Å². The Bertz CT molecular complexity index is 446. The second-order valence-corrected chi connectivity index (χ2v) is 6.32. The van der Waals surface area contributed by atoms with E-state index < -0.39 is 6.17 Å². The van der Waals surface area contributed by atoms with Gasteiger partial charge >= 0.3 is 0 Å². The van der Waals surface area contributed by atoms with Crippen LogP contribution in [-0.4, -0.2) is 46.4 Å². The Morgan fingerprint density at radius 2 is 2.06 bits per heavy atom. The largest absolute Gasteiger partial charge is 0.476 e. The van der Waals surface area contributed by atoms with Crippen LogP contribution >= 0.6 is 0 Å². The van der Waals surface area contributed by atoms with Crippen LogP contribution in [0.3, 0.4) is 0 Å². The van der Waals surface area contributed by atoms with Gasteiger partial charge in [0.2, 0.25) is 5.88 Å². The number of aromatic nitrogens is 2. The average molecular weight is 253 g/mol. The molecule has 5 heteroatoms. The third-order valence-corrected chi connectivity index (χ3v) is 3.70. The molecule has 3 heterocycles. The van der Waals surface area contributed by atoms with E-state index in [1.54, 1.807) is 0 Å². The molecule has 0 bridgehead atoms. The van der Waals surface area contributed by atoms with Gasteiger partial charge in [-0.3, -0.25) is 9.47 Å². The Kier molecular flexibility index (Phi) is 2.62. The van der Waals surface area contributed by atoms with Crippen molar-refractivity contribution < 1.29 is 9.13 Å². The number of hydrogen-bond donors (Lipinski definition) is 0. The minimum absolute atomic E-state index is 0.00574. The summed E-state index contributed by atoms with van der Waals surface area (Å²) in [6.45, 7) is 8.99. The van der Waals surface area contributed by atoms with E-state index in [2.05, 4.69) is 35.2 Å². The molecule has 1 aromatic heterocycles. The van der Waals surface area contributed by atoms with Gasteiger partial charge in [0.05, 0.1) is 12.4 Å². The van der Waals surface area contributed by atoms with Crippen molar-refractivity contribution in [2.75, 3.05) is 19.7 Å². The van der Waals surface area contributed by atoms with Crippen molar-refractivity contribution in [1.29, 1.82) is 0 Å². The van der Waals surface area contributed by atoms with Gasteiger partial charge in [-0.2, -0.15) is 0 Å². The van der Waals surface area contributed by atoms with Gasteiger partial charge in [0.25, 0.3) is 0 Å². The van der Waals surface area contributed by atoms with Crippen molar-refractivity contribution in [2.24, 2.45) is 0 Å². The van der Waals surface area contributed by atoms with Gasteiger partial charge in [0.15, 0.2) is 0 Å². The van der Waals surface area contributed by atoms with Crippen LogP contribution in [0.2, 0.25) is 0 Å². The van der Waals surface area contributed by atoms with Crippen molar-refractivity contribution in [3.63, 3.8) is 0 Å². The maximum absolute atomic E-state index is 12.9. The smallest absolute Gasteiger partial charge is 0.217 e. The third kappa shape index (κ3) is 1.90. The molecule has 0 aromatic carbocycles. The molecule has 0 spiro atoms. The van der Waals surface area contributed by atoms with Crippen LogP contribution in [0, 0.1) is 0 Å². The van der Waals surface area contributed by atoms with Crippen molar-refractivity contribution in [1.82, 2.24) is 14.5 Å². The molecule has 0 amide bonds. The number of nitrogens with zero attached hydrogens (tertiary/aromatic N) is 3. The number of alkyl halides is 1. The standard InChI is InChI=1S/C13H20FN3O/c1-13(2,3)11-12-17(8-15-11)6-10(7-18-12)16-4-9(14)5-16/h8-10H,4-7H2,1-3H3. The van der Waals surface area contributed by atoms with Crippen LogP contribution in [0.25, 0.3) is 0 Å². The highest BCUT2D eigenvalue weighted by Gasteiger charge is 2.36. The summed E-state index contributed by atoms with van der Waals surface area (Å²) in [4.78, 5) is 6.61. The first kappa shape index (κ1) is 12.0. The number of imidazole rings is 1. The quantitative estimate of drug-likeness (QED) is 0.761. The van der Waals surface area contributed by atoms with Crippen LogP contribution in [0.15, 0.2) is 6.33 Å². The number of fused-ring (bicyclic) bond motifs is 1. The van der Waals surface area contributed by atoms with Gasteiger partial charge in [-0.25, -0.2) is 9.37 Å². The van der Waals surface area contributed by atoms with E-state index >= 15 is 0 Å². The second-order valence-electron chi connectivity index (χ2n) is 6.32. The third-order valence-electron chi connectivity index (χ3n) is 3.70. The molecule has 18 heavy (non-hydrogen) atoms. The number of ether oxygens (including phenoxy) is 1. The van der Waals surface area contributed by atoms with Gasteiger partial charge in [-0.15, -0.1) is 0 Å². The van der Waals surface area contributed by atoms with Crippen molar-refractivity contribution >= 4 is 0 Å². The summed E-state index contributed by atoms with van der Waals surface area (Å²) < 4.78 is 20.8. The lowest BCUT2D eigenvalue weighted by Crippen LogP contribution is -2.57. The molecule has 4 nitrogen and oxygen atoms in total. The Morgan fingerprint density at radius 1 is 1.33 bits per heavy atom. The molecule has 1 aromatic rings. The molecule has 1 fully saturated rings. The summed E-state index contributed by atoms with van der Waals surface area (Å²) in [5.41, 5.74) is 1.00. The molecular formula is C13H20FN3O. The molecule has 1 saturated heterocycles. The second kappa shape index (κ2) is 3.95. The van der Waals surface area contributed by atoms with E-state index in [4.69, 9.17) is 4.74 Å². The van der Waals surface area contributed by atoms with Gasteiger partial charge in [-0.05, 0) is 0 Å². The molecule has 2 aliphatic rings. The maximum Gasteiger partial charge on any atom is 0.217 e. The SMILES string of the molecule is CC(C)(C)c1ncn2c1OCC(N1CC(F)C1)C2. The topological polar surface area (TPSA) is 30.3 Å². The fourth-order valence-electron chi connectivity index (χ4n) is 2.60. The zero-order chi connectivity index (χ0) is 12.9. The first-order valence-corrected chi connectivity index (χ1v) is 6.51. The lowest BCUT2D eigenvalue weighted by atomic mass is 9.92. The van der Waals surface area contributed by atoms with Crippen LogP contribution in [-0.2, 0) is 12.0 Å². The summed E-state index contributed by atoms with van der Waals surface area (Å²) in [5.74, 6) is 0.885. The van der Waals surface area contributed by atoms with E-state index in [0.29, 0.717) is 19.7 Å². The fraction of sp³-hybridized carbons (Fsp3) is 0.769. The number of hydrogen-bond acceptors (Lipinski definition) is 3. The lowest BCUT2D eigenvalue weighted by molar-refractivity contribution is -0.00871.